The van der Waals surface area contributed by atoms with E-state index in [4.69, 9.17) is 5.11 Å². The van der Waals surface area contributed by atoms with Crippen LogP contribution in [0.25, 0.3) is 0 Å². The van der Waals surface area contributed by atoms with Crippen molar-refractivity contribution in [3.8, 4) is 0 Å². The second-order valence-electron chi connectivity index (χ2n) is 5.82. The molecule has 0 spiro atoms. The van der Waals surface area contributed by atoms with Crippen molar-refractivity contribution in [2.75, 3.05) is 6.54 Å². The molecule has 1 aliphatic rings. The molecule has 3 N–H and O–H groups in total. The SMILES string of the molecule is CC(C)CCC(=O)NCC(=O)N[C@@H]1CC[C@H](C(=O)O)C1. The summed E-state index contributed by atoms with van der Waals surface area (Å²) in [6, 6.07) is -0.0869. The molecule has 1 saturated carbocycles. The molecule has 0 saturated heterocycles. The van der Waals surface area contributed by atoms with Gasteiger partial charge >= 0.3 is 5.97 Å². The van der Waals surface area contributed by atoms with E-state index in [0.29, 0.717) is 31.6 Å². The Bertz CT molecular complexity index is 368. The van der Waals surface area contributed by atoms with E-state index in [2.05, 4.69) is 10.6 Å². The van der Waals surface area contributed by atoms with E-state index in [1.54, 1.807) is 0 Å². The second kappa shape index (κ2) is 7.87. The summed E-state index contributed by atoms with van der Waals surface area (Å²) in [5.74, 6) is -1.08. The van der Waals surface area contributed by atoms with E-state index in [9.17, 15) is 14.4 Å². The van der Waals surface area contributed by atoms with Gasteiger partial charge in [0.2, 0.25) is 11.8 Å². The number of carboxylic acids is 1. The lowest BCUT2D eigenvalue weighted by Gasteiger charge is -2.13. The van der Waals surface area contributed by atoms with E-state index in [1.807, 2.05) is 13.8 Å². The molecule has 0 aromatic carbocycles. The minimum atomic E-state index is -0.802. The third-order valence-corrected chi connectivity index (χ3v) is 3.54. The summed E-state index contributed by atoms with van der Waals surface area (Å²) in [6.45, 7) is 4.04. The number of carbonyl (C=O) groups excluding carboxylic acids is 2. The zero-order valence-corrected chi connectivity index (χ0v) is 12.1. The van der Waals surface area contributed by atoms with Gasteiger partial charge in [0.15, 0.2) is 0 Å². The lowest BCUT2D eigenvalue weighted by atomic mass is 10.1. The first-order valence-electron chi connectivity index (χ1n) is 7.17. The molecule has 1 rings (SSSR count). The van der Waals surface area contributed by atoms with Crippen LogP contribution >= 0.6 is 0 Å². The molecule has 0 radical (unpaired) electrons. The number of aliphatic carboxylic acids is 1. The molecule has 20 heavy (non-hydrogen) atoms. The van der Waals surface area contributed by atoms with Crippen LogP contribution in [0, 0.1) is 11.8 Å². The molecule has 114 valence electrons. The molecule has 0 unspecified atom stereocenters. The average molecular weight is 284 g/mol. The highest BCUT2D eigenvalue weighted by molar-refractivity contribution is 5.84. The van der Waals surface area contributed by atoms with Gasteiger partial charge in [0.05, 0.1) is 12.5 Å². The topological polar surface area (TPSA) is 95.5 Å². The summed E-state index contributed by atoms with van der Waals surface area (Å²) in [7, 11) is 0. The Balaban J connectivity index is 2.18. The molecular weight excluding hydrogens is 260 g/mol. The van der Waals surface area contributed by atoms with Crippen LogP contribution < -0.4 is 10.6 Å². The molecule has 1 fully saturated rings. The quantitative estimate of drug-likeness (QED) is 0.647. The number of carbonyl (C=O) groups is 3. The highest BCUT2D eigenvalue weighted by Gasteiger charge is 2.30. The van der Waals surface area contributed by atoms with Crippen LogP contribution in [0.15, 0.2) is 0 Å². The Kier molecular flexibility index (Phi) is 6.48. The number of hydrogen-bond donors (Lipinski definition) is 3. The Labute approximate surface area is 119 Å². The lowest BCUT2D eigenvalue weighted by molar-refractivity contribution is -0.141. The molecule has 0 aliphatic heterocycles. The smallest absolute Gasteiger partial charge is 0.306 e. The number of carboxylic acid groups (broad SMARTS) is 1. The van der Waals surface area contributed by atoms with Crippen molar-refractivity contribution in [3.63, 3.8) is 0 Å². The first kappa shape index (κ1) is 16.5. The molecule has 1 aliphatic carbocycles. The van der Waals surface area contributed by atoms with Crippen LogP contribution in [-0.4, -0.2) is 35.5 Å². The average Bonchev–Trinajstić information content (AvgIpc) is 2.82. The van der Waals surface area contributed by atoms with Crippen molar-refractivity contribution in [1.29, 1.82) is 0 Å². The fourth-order valence-electron chi connectivity index (χ4n) is 2.30. The Hall–Kier alpha value is -1.59. The molecular formula is C14H24N2O4. The Morgan fingerprint density at radius 3 is 2.45 bits per heavy atom. The van der Waals surface area contributed by atoms with Crippen LogP contribution in [0.4, 0.5) is 0 Å². The predicted molar refractivity (Wildman–Crippen MR) is 74.0 cm³/mol. The van der Waals surface area contributed by atoms with Gasteiger partial charge in [0, 0.05) is 12.5 Å². The van der Waals surface area contributed by atoms with Crippen molar-refractivity contribution in [1.82, 2.24) is 10.6 Å². The van der Waals surface area contributed by atoms with Crippen molar-refractivity contribution >= 4 is 17.8 Å². The Morgan fingerprint density at radius 2 is 1.90 bits per heavy atom. The van der Waals surface area contributed by atoms with Crippen molar-refractivity contribution in [2.45, 2.75) is 52.0 Å². The van der Waals surface area contributed by atoms with Gasteiger partial charge < -0.3 is 15.7 Å². The van der Waals surface area contributed by atoms with Gasteiger partial charge in [-0.15, -0.1) is 0 Å². The normalized spacial score (nSPS) is 21.8. The Morgan fingerprint density at radius 1 is 1.20 bits per heavy atom. The molecule has 0 heterocycles. The van der Waals surface area contributed by atoms with Gasteiger partial charge in [-0.2, -0.15) is 0 Å². The molecule has 2 amide bonds. The van der Waals surface area contributed by atoms with E-state index >= 15 is 0 Å². The first-order valence-corrected chi connectivity index (χ1v) is 7.17. The molecule has 6 nitrogen and oxygen atoms in total. The maximum atomic E-state index is 11.6. The maximum Gasteiger partial charge on any atom is 0.306 e. The first-order chi connectivity index (χ1) is 9.38. The van der Waals surface area contributed by atoms with Crippen LogP contribution in [0.3, 0.4) is 0 Å². The van der Waals surface area contributed by atoms with Crippen LogP contribution in [-0.2, 0) is 14.4 Å². The molecule has 0 aromatic rings. The number of amides is 2. The van der Waals surface area contributed by atoms with Gasteiger partial charge in [-0.05, 0) is 31.6 Å². The van der Waals surface area contributed by atoms with E-state index in [1.165, 1.54) is 0 Å². The molecule has 6 heteroatoms. The fourth-order valence-corrected chi connectivity index (χ4v) is 2.30. The lowest BCUT2D eigenvalue weighted by Crippen LogP contribution is -2.41. The zero-order valence-electron chi connectivity index (χ0n) is 12.1. The summed E-state index contributed by atoms with van der Waals surface area (Å²) in [5, 5.41) is 14.2. The van der Waals surface area contributed by atoms with Gasteiger partial charge in [-0.1, -0.05) is 13.8 Å². The number of nitrogens with one attached hydrogen (secondary N) is 2. The largest absolute Gasteiger partial charge is 0.481 e. The van der Waals surface area contributed by atoms with Crippen LogP contribution in [0.2, 0.25) is 0 Å². The van der Waals surface area contributed by atoms with Crippen LogP contribution in [0.1, 0.15) is 46.0 Å². The third kappa shape index (κ3) is 6.04. The van der Waals surface area contributed by atoms with Crippen LogP contribution in [0.5, 0.6) is 0 Å². The summed E-state index contributed by atoms with van der Waals surface area (Å²) in [6.07, 6.45) is 2.99. The van der Waals surface area contributed by atoms with E-state index in [0.717, 1.165) is 6.42 Å². The van der Waals surface area contributed by atoms with Crippen molar-refractivity contribution < 1.29 is 19.5 Å². The maximum absolute atomic E-state index is 11.6. The summed E-state index contributed by atoms with van der Waals surface area (Å²) < 4.78 is 0. The van der Waals surface area contributed by atoms with Gasteiger partial charge in [-0.3, -0.25) is 14.4 Å². The zero-order chi connectivity index (χ0) is 15.1. The highest BCUT2D eigenvalue weighted by atomic mass is 16.4. The van der Waals surface area contributed by atoms with Gasteiger partial charge in [0.25, 0.3) is 0 Å². The summed E-state index contributed by atoms with van der Waals surface area (Å²) in [5.41, 5.74) is 0. The molecule has 0 aromatic heterocycles. The monoisotopic (exact) mass is 284 g/mol. The van der Waals surface area contributed by atoms with Crippen molar-refractivity contribution in [3.05, 3.63) is 0 Å². The third-order valence-electron chi connectivity index (χ3n) is 3.54. The second-order valence-corrected chi connectivity index (χ2v) is 5.82. The van der Waals surface area contributed by atoms with Gasteiger partial charge in [0.1, 0.15) is 0 Å². The minimum absolute atomic E-state index is 0.0365. The minimum Gasteiger partial charge on any atom is -0.481 e. The fraction of sp³-hybridized carbons (Fsp3) is 0.786. The highest BCUT2D eigenvalue weighted by Crippen LogP contribution is 2.25. The predicted octanol–water partition coefficient (Wildman–Crippen LogP) is 0.908. The number of rotatable bonds is 7. The summed E-state index contributed by atoms with van der Waals surface area (Å²) in [4.78, 5) is 33.9. The molecule has 0 bridgehead atoms. The standard InChI is InChI=1S/C14H24N2O4/c1-9(2)3-6-12(17)15-8-13(18)16-11-5-4-10(7-11)14(19)20/h9-11H,3-8H2,1-2H3,(H,15,17)(H,16,18)(H,19,20)/t10-,11+/m0/s1. The van der Waals surface area contributed by atoms with Crippen molar-refractivity contribution in [2.24, 2.45) is 11.8 Å². The van der Waals surface area contributed by atoms with E-state index in [-0.39, 0.29) is 30.3 Å². The van der Waals surface area contributed by atoms with E-state index < -0.39 is 5.97 Å². The van der Waals surface area contributed by atoms with Gasteiger partial charge in [-0.25, -0.2) is 0 Å². The number of hydrogen-bond acceptors (Lipinski definition) is 3. The molecule has 2 atom stereocenters. The summed E-state index contributed by atoms with van der Waals surface area (Å²) >= 11 is 0.